The van der Waals surface area contributed by atoms with Gasteiger partial charge in [0.15, 0.2) is 0 Å². The summed E-state index contributed by atoms with van der Waals surface area (Å²) in [6, 6.07) is 6.92. The molecule has 2 atom stereocenters. The molecule has 1 nitrogen and oxygen atoms in total. The first kappa shape index (κ1) is 7.74. The highest BCUT2D eigenvalue weighted by molar-refractivity contribution is 5.34. The Hall–Kier alpha value is -0.890. The molecule has 1 aliphatic carbocycles. The molecule has 1 aromatic carbocycles. The topological polar surface area (TPSA) is 26.0 Å². The normalized spacial score (nSPS) is 33.4. The molecular weight excluding hydrogens is 153 g/mol. The number of nitrogens with two attached hydrogens (primary N) is 1. The van der Waals surface area contributed by atoms with Gasteiger partial charge in [0.05, 0.1) is 0 Å². The molecule has 1 fully saturated rings. The Morgan fingerprint density at radius 1 is 1.58 bits per heavy atom. The Bertz CT molecular complexity index is 310. The summed E-state index contributed by atoms with van der Waals surface area (Å²) in [5.74, 6) is -0.173. The Labute approximate surface area is 71.4 Å². The number of hydrogen-bond donors (Lipinski definition) is 1. The second-order valence-electron chi connectivity index (χ2n) is 3.74. The van der Waals surface area contributed by atoms with Crippen molar-refractivity contribution in [3.05, 3.63) is 35.6 Å². The number of rotatable bonds is 1. The van der Waals surface area contributed by atoms with Crippen LogP contribution in [0.2, 0.25) is 0 Å². The average Bonchev–Trinajstić information content (AvgIpc) is 2.61. The molecule has 0 aromatic heterocycles. The molecule has 0 saturated heterocycles. The van der Waals surface area contributed by atoms with Crippen LogP contribution in [0.1, 0.15) is 18.9 Å². The van der Waals surface area contributed by atoms with Crippen LogP contribution in [0.4, 0.5) is 4.39 Å². The van der Waals surface area contributed by atoms with E-state index in [1.54, 1.807) is 12.1 Å². The van der Waals surface area contributed by atoms with Crippen molar-refractivity contribution in [1.82, 2.24) is 0 Å². The van der Waals surface area contributed by atoms with Gasteiger partial charge in [-0.05, 0) is 24.1 Å². The lowest BCUT2D eigenvalue weighted by molar-refractivity contribution is 0.619. The van der Waals surface area contributed by atoms with Crippen LogP contribution in [0, 0.1) is 5.82 Å². The van der Waals surface area contributed by atoms with Crippen molar-refractivity contribution >= 4 is 0 Å². The van der Waals surface area contributed by atoms with Gasteiger partial charge in [0.2, 0.25) is 0 Å². The Kier molecular flexibility index (Phi) is 1.48. The minimum absolute atomic E-state index is 0.0299. The fourth-order valence-corrected chi connectivity index (χ4v) is 1.57. The maximum absolute atomic E-state index is 12.8. The minimum Gasteiger partial charge on any atom is -0.327 e. The Balaban J connectivity index is 2.36. The average molecular weight is 165 g/mol. The first-order chi connectivity index (χ1) is 5.63. The molecule has 0 aliphatic heterocycles. The molecule has 0 bridgehead atoms. The predicted octanol–water partition coefficient (Wildman–Crippen LogP) is 1.81. The highest BCUT2D eigenvalue weighted by atomic mass is 19.1. The predicted molar refractivity (Wildman–Crippen MR) is 46.3 cm³/mol. The molecule has 12 heavy (non-hydrogen) atoms. The van der Waals surface area contributed by atoms with Gasteiger partial charge < -0.3 is 5.73 Å². The monoisotopic (exact) mass is 165 g/mol. The smallest absolute Gasteiger partial charge is 0.123 e. The molecule has 0 amide bonds. The van der Waals surface area contributed by atoms with Gasteiger partial charge in [-0.25, -0.2) is 4.39 Å². The lowest BCUT2D eigenvalue weighted by atomic mass is 9.97. The summed E-state index contributed by atoms with van der Waals surface area (Å²) in [5, 5.41) is 0. The standard InChI is InChI=1S/C10H12FN/c1-10(6-9(10)12)7-3-2-4-8(11)5-7/h2-5,9H,6,12H2,1H3/t9-,10?/m1/s1. The van der Waals surface area contributed by atoms with E-state index in [-0.39, 0.29) is 17.3 Å². The molecule has 64 valence electrons. The maximum atomic E-state index is 12.8. The number of hydrogen-bond acceptors (Lipinski definition) is 1. The van der Waals surface area contributed by atoms with Crippen LogP contribution < -0.4 is 5.73 Å². The summed E-state index contributed by atoms with van der Waals surface area (Å²) in [6.45, 7) is 2.08. The molecule has 0 radical (unpaired) electrons. The van der Waals surface area contributed by atoms with E-state index in [1.807, 2.05) is 6.07 Å². The van der Waals surface area contributed by atoms with Crippen molar-refractivity contribution in [3.8, 4) is 0 Å². The zero-order valence-corrected chi connectivity index (χ0v) is 7.05. The molecule has 2 heteroatoms. The van der Waals surface area contributed by atoms with Gasteiger partial charge in [0, 0.05) is 11.5 Å². The molecular formula is C10H12FN. The fraction of sp³-hybridized carbons (Fsp3) is 0.400. The molecule has 1 unspecified atom stereocenters. The molecule has 1 saturated carbocycles. The van der Waals surface area contributed by atoms with Crippen LogP contribution in [0.3, 0.4) is 0 Å². The Morgan fingerprint density at radius 3 is 2.75 bits per heavy atom. The summed E-state index contributed by atoms with van der Waals surface area (Å²) in [5.41, 5.74) is 6.81. The van der Waals surface area contributed by atoms with E-state index in [1.165, 1.54) is 6.07 Å². The van der Waals surface area contributed by atoms with Crippen LogP contribution in [-0.2, 0) is 5.41 Å². The van der Waals surface area contributed by atoms with Crippen LogP contribution >= 0.6 is 0 Å². The van der Waals surface area contributed by atoms with E-state index in [9.17, 15) is 4.39 Å². The summed E-state index contributed by atoms with van der Waals surface area (Å²) >= 11 is 0. The van der Waals surface area contributed by atoms with Gasteiger partial charge in [0.1, 0.15) is 5.82 Å². The summed E-state index contributed by atoms with van der Waals surface area (Å²) in [7, 11) is 0. The third-order valence-corrected chi connectivity index (χ3v) is 2.79. The van der Waals surface area contributed by atoms with Crippen LogP contribution in [0.15, 0.2) is 24.3 Å². The van der Waals surface area contributed by atoms with E-state index < -0.39 is 0 Å². The van der Waals surface area contributed by atoms with E-state index in [0.717, 1.165) is 12.0 Å². The van der Waals surface area contributed by atoms with Crippen molar-refractivity contribution in [2.24, 2.45) is 5.73 Å². The van der Waals surface area contributed by atoms with E-state index in [2.05, 4.69) is 6.92 Å². The van der Waals surface area contributed by atoms with Crippen molar-refractivity contribution in [2.45, 2.75) is 24.8 Å². The third-order valence-electron chi connectivity index (χ3n) is 2.79. The van der Waals surface area contributed by atoms with Gasteiger partial charge in [-0.2, -0.15) is 0 Å². The maximum Gasteiger partial charge on any atom is 0.123 e. The summed E-state index contributed by atoms with van der Waals surface area (Å²) in [4.78, 5) is 0. The first-order valence-electron chi connectivity index (χ1n) is 4.14. The SMILES string of the molecule is CC1(c2cccc(F)c2)C[C@H]1N. The minimum atomic E-state index is -0.173. The number of benzene rings is 1. The lowest BCUT2D eigenvalue weighted by Crippen LogP contribution is -2.14. The Morgan fingerprint density at radius 2 is 2.25 bits per heavy atom. The molecule has 1 aromatic rings. The largest absolute Gasteiger partial charge is 0.327 e. The van der Waals surface area contributed by atoms with Gasteiger partial charge in [-0.1, -0.05) is 19.1 Å². The summed E-state index contributed by atoms with van der Waals surface area (Å²) < 4.78 is 12.8. The van der Waals surface area contributed by atoms with Gasteiger partial charge in [-0.3, -0.25) is 0 Å². The molecule has 0 spiro atoms. The zero-order chi connectivity index (χ0) is 8.77. The van der Waals surface area contributed by atoms with Crippen LogP contribution in [0.25, 0.3) is 0 Å². The van der Waals surface area contributed by atoms with Crippen molar-refractivity contribution in [2.75, 3.05) is 0 Å². The van der Waals surface area contributed by atoms with E-state index in [0.29, 0.717) is 0 Å². The first-order valence-corrected chi connectivity index (χ1v) is 4.14. The van der Waals surface area contributed by atoms with Crippen molar-refractivity contribution in [3.63, 3.8) is 0 Å². The number of halogens is 1. The highest BCUT2D eigenvalue weighted by Crippen LogP contribution is 2.46. The van der Waals surface area contributed by atoms with Gasteiger partial charge >= 0.3 is 0 Å². The van der Waals surface area contributed by atoms with Crippen molar-refractivity contribution < 1.29 is 4.39 Å². The second kappa shape index (κ2) is 2.30. The lowest BCUT2D eigenvalue weighted by Gasteiger charge is -2.09. The molecule has 2 N–H and O–H groups in total. The fourth-order valence-electron chi connectivity index (χ4n) is 1.57. The molecule has 2 rings (SSSR count). The van der Waals surface area contributed by atoms with Gasteiger partial charge in [-0.15, -0.1) is 0 Å². The second-order valence-corrected chi connectivity index (χ2v) is 3.74. The zero-order valence-electron chi connectivity index (χ0n) is 7.05. The quantitative estimate of drug-likeness (QED) is 0.674. The highest BCUT2D eigenvalue weighted by Gasteiger charge is 2.48. The van der Waals surface area contributed by atoms with Crippen LogP contribution in [-0.4, -0.2) is 6.04 Å². The summed E-state index contributed by atoms with van der Waals surface area (Å²) in [6.07, 6.45) is 0.969. The third kappa shape index (κ3) is 1.03. The van der Waals surface area contributed by atoms with E-state index in [4.69, 9.17) is 5.73 Å². The van der Waals surface area contributed by atoms with Gasteiger partial charge in [0.25, 0.3) is 0 Å². The van der Waals surface area contributed by atoms with Crippen molar-refractivity contribution in [1.29, 1.82) is 0 Å². The molecule has 1 aliphatic rings. The van der Waals surface area contributed by atoms with Crippen LogP contribution in [0.5, 0.6) is 0 Å². The molecule has 0 heterocycles. The van der Waals surface area contributed by atoms with E-state index >= 15 is 0 Å².